The number of aryl methyl sites for hydroxylation is 1. The lowest BCUT2D eigenvalue weighted by atomic mass is 10.1. The summed E-state index contributed by atoms with van der Waals surface area (Å²) < 4.78 is 16.8. The predicted molar refractivity (Wildman–Crippen MR) is 118 cm³/mol. The maximum Gasteiger partial charge on any atom is 0.257 e. The van der Waals surface area contributed by atoms with Crippen molar-refractivity contribution in [1.82, 2.24) is 29.7 Å². The zero-order valence-electron chi connectivity index (χ0n) is 17.2. The predicted octanol–water partition coefficient (Wildman–Crippen LogP) is 3.96. The van der Waals surface area contributed by atoms with Gasteiger partial charge in [-0.2, -0.15) is 10.2 Å². The van der Waals surface area contributed by atoms with Gasteiger partial charge in [-0.1, -0.05) is 18.2 Å². The minimum Gasteiger partial charge on any atom is -0.348 e. The monoisotopic (exact) mass is 426 g/mol. The van der Waals surface area contributed by atoms with E-state index in [1.54, 1.807) is 46.7 Å². The molecule has 0 saturated heterocycles. The van der Waals surface area contributed by atoms with E-state index >= 15 is 0 Å². The van der Waals surface area contributed by atoms with Crippen molar-refractivity contribution in [2.45, 2.75) is 13.5 Å². The van der Waals surface area contributed by atoms with Gasteiger partial charge in [-0.25, -0.2) is 18.6 Å². The molecule has 5 rings (SSSR count). The number of nitrogens with zero attached hydrogens (tertiary/aromatic N) is 5. The van der Waals surface area contributed by atoms with Gasteiger partial charge in [0.1, 0.15) is 11.4 Å². The molecule has 1 amide bonds. The second-order valence-electron chi connectivity index (χ2n) is 7.32. The van der Waals surface area contributed by atoms with E-state index in [-0.39, 0.29) is 18.3 Å². The number of hydrogen-bond donors (Lipinski definition) is 1. The molecule has 3 aromatic heterocycles. The van der Waals surface area contributed by atoms with E-state index in [1.165, 1.54) is 12.1 Å². The van der Waals surface area contributed by atoms with E-state index < -0.39 is 0 Å². The third kappa shape index (κ3) is 3.62. The van der Waals surface area contributed by atoms with Crippen molar-refractivity contribution in [1.29, 1.82) is 0 Å². The highest BCUT2D eigenvalue weighted by Gasteiger charge is 2.19. The third-order valence-electron chi connectivity index (χ3n) is 5.17. The van der Waals surface area contributed by atoms with E-state index in [0.717, 1.165) is 16.8 Å². The van der Waals surface area contributed by atoms with Crippen LogP contribution < -0.4 is 5.32 Å². The van der Waals surface area contributed by atoms with Crippen LogP contribution >= 0.6 is 0 Å². The summed E-state index contributed by atoms with van der Waals surface area (Å²) in [6, 6.07) is 17.6. The maximum absolute atomic E-state index is 13.5. The van der Waals surface area contributed by atoms with Crippen molar-refractivity contribution in [3.63, 3.8) is 0 Å². The molecule has 1 N–H and O–H groups in total. The molecule has 0 spiro atoms. The van der Waals surface area contributed by atoms with Gasteiger partial charge in [0, 0.05) is 36.3 Å². The molecule has 158 valence electrons. The lowest BCUT2D eigenvalue weighted by molar-refractivity contribution is 0.0952. The topological polar surface area (TPSA) is 77.1 Å². The third-order valence-corrected chi connectivity index (χ3v) is 5.17. The van der Waals surface area contributed by atoms with Crippen LogP contribution in [0.3, 0.4) is 0 Å². The van der Waals surface area contributed by atoms with Gasteiger partial charge in [-0.05, 0) is 49.4 Å². The lowest BCUT2D eigenvalue weighted by Gasteiger charge is -2.05. The van der Waals surface area contributed by atoms with Crippen molar-refractivity contribution in [2.75, 3.05) is 0 Å². The normalized spacial score (nSPS) is 11.1. The van der Waals surface area contributed by atoms with Crippen molar-refractivity contribution >= 4 is 11.6 Å². The number of para-hydroxylation sites is 1. The zero-order chi connectivity index (χ0) is 22.1. The summed E-state index contributed by atoms with van der Waals surface area (Å²) >= 11 is 0. The van der Waals surface area contributed by atoms with Gasteiger partial charge in [0.15, 0.2) is 5.65 Å². The molecule has 7 nitrogen and oxygen atoms in total. The van der Waals surface area contributed by atoms with Crippen molar-refractivity contribution < 1.29 is 9.18 Å². The number of carbonyl (C=O) groups excluding carboxylic acids is 1. The SMILES string of the molecule is Cc1nn2cccnc2c1C(=O)NCc1cn(-c2ccccc2)nc1-c1ccc(F)cc1. The van der Waals surface area contributed by atoms with E-state index in [1.807, 2.05) is 36.5 Å². The van der Waals surface area contributed by atoms with Gasteiger partial charge in [-0.15, -0.1) is 0 Å². The van der Waals surface area contributed by atoms with Crippen molar-refractivity contribution in [3.05, 3.63) is 102 Å². The first-order valence-electron chi connectivity index (χ1n) is 10.1. The van der Waals surface area contributed by atoms with Gasteiger partial charge >= 0.3 is 0 Å². The molecule has 0 saturated carbocycles. The molecule has 0 aliphatic carbocycles. The number of rotatable bonds is 5. The molecule has 0 unspecified atom stereocenters. The van der Waals surface area contributed by atoms with Crippen LogP contribution in [0.25, 0.3) is 22.6 Å². The average Bonchev–Trinajstić information content (AvgIpc) is 3.39. The first-order chi connectivity index (χ1) is 15.6. The van der Waals surface area contributed by atoms with Crippen LogP contribution in [-0.2, 0) is 6.54 Å². The van der Waals surface area contributed by atoms with Gasteiger partial charge < -0.3 is 5.32 Å². The highest BCUT2D eigenvalue weighted by atomic mass is 19.1. The summed E-state index contributed by atoms with van der Waals surface area (Å²) in [6.07, 6.45) is 5.25. The smallest absolute Gasteiger partial charge is 0.257 e. The summed E-state index contributed by atoms with van der Waals surface area (Å²) in [4.78, 5) is 17.3. The number of halogens is 1. The molecule has 0 fully saturated rings. The lowest BCUT2D eigenvalue weighted by Crippen LogP contribution is -2.23. The number of benzene rings is 2. The number of carbonyl (C=O) groups is 1. The number of aromatic nitrogens is 5. The van der Waals surface area contributed by atoms with E-state index in [2.05, 4.69) is 15.4 Å². The molecule has 0 bridgehead atoms. The Kier molecular flexibility index (Phi) is 4.95. The summed E-state index contributed by atoms with van der Waals surface area (Å²) in [6.45, 7) is 2.02. The molecule has 5 aromatic rings. The highest BCUT2D eigenvalue weighted by Crippen LogP contribution is 2.24. The average molecular weight is 426 g/mol. The first-order valence-corrected chi connectivity index (χ1v) is 10.1. The first kappa shape index (κ1) is 19.6. The minimum absolute atomic E-state index is 0.238. The Labute approximate surface area is 183 Å². The number of fused-ring (bicyclic) bond motifs is 1. The van der Waals surface area contributed by atoms with Crippen LogP contribution in [0.1, 0.15) is 21.6 Å². The Morgan fingerprint density at radius 3 is 2.59 bits per heavy atom. The van der Waals surface area contributed by atoms with Crippen LogP contribution in [0.4, 0.5) is 4.39 Å². The molecule has 32 heavy (non-hydrogen) atoms. The maximum atomic E-state index is 13.5. The molecular formula is C24H19FN6O. The number of nitrogens with one attached hydrogen (secondary N) is 1. The Morgan fingerprint density at radius 1 is 1.03 bits per heavy atom. The molecular weight excluding hydrogens is 407 g/mol. The molecule has 0 aliphatic rings. The fourth-order valence-corrected chi connectivity index (χ4v) is 3.63. The van der Waals surface area contributed by atoms with Crippen molar-refractivity contribution in [2.24, 2.45) is 0 Å². The van der Waals surface area contributed by atoms with Crippen molar-refractivity contribution in [3.8, 4) is 16.9 Å². The van der Waals surface area contributed by atoms with Gasteiger partial charge in [0.25, 0.3) is 5.91 Å². The van der Waals surface area contributed by atoms with E-state index in [4.69, 9.17) is 5.10 Å². The Bertz CT molecular complexity index is 1410. The van der Waals surface area contributed by atoms with Gasteiger partial charge in [0.05, 0.1) is 17.1 Å². The Morgan fingerprint density at radius 2 is 1.81 bits per heavy atom. The van der Waals surface area contributed by atoms with E-state index in [0.29, 0.717) is 22.6 Å². The molecule has 3 heterocycles. The highest BCUT2D eigenvalue weighted by molar-refractivity contribution is 6.01. The fourth-order valence-electron chi connectivity index (χ4n) is 3.63. The van der Waals surface area contributed by atoms with Gasteiger partial charge in [-0.3, -0.25) is 4.79 Å². The number of hydrogen-bond acceptors (Lipinski definition) is 4. The molecule has 8 heteroatoms. The van der Waals surface area contributed by atoms with Crippen LogP contribution in [0.5, 0.6) is 0 Å². The summed E-state index contributed by atoms with van der Waals surface area (Å²) in [7, 11) is 0. The summed E-state index contributed by atoms with van der Waals surface area (Å²) in [5.41, 5.74) is 4.65. The van der Waals surface area contributed by atoms with Gasteiger partial charge in [0.2, 0.25) is 0 Å². The summed E-state index contributed by atoms with van der Waals surface area (Å²) in [5.74, 6) is -0.587. The van der Waals surface area contributed by atoms with Crippen LogP contribution in [-0.4, -0.2) is 30.3 Å². The summed E-state index contributed by atoms with van der Waals surface area (Å²) in [5, 5.41) is 12.0. The molecule has 0 radical (unpaired) electrons. The number of amides is 1. The molecule has 0 atom stereocenters. The minimum atomic E-state index is -0.317. The molecule has 0 aliphatic heterocycles. The standard InChI is InChI=1S/C24H19FN6O/c1-16-21(23-26-12-5-13-30(23)28-16)24(32)27-14-18-15-31(20-6-3-2-4-7-20)29-22(18)17-8-10-19(25)11-9-17/h2-13,15H,14H2,1H3,(H,27,32). The largest absolute Gasteiger partial charge is 0.348 e. The van der Waals surface area contributed by atoms with Crippen LogP contribution in [0, 0.1) is 12.7 Å². The van der Waals surface area contributed by atoms with Crippen LogP contribution in [0.15, 0.2) is 79.3 Å². The zero-order valence-corrected chi connectivity index (χ0v) is 17.2. The Balaban J connectivity index is 1.48. The fraction of sp³-hybridized carbons (Fsp3) is 0.0833. The second-order valence-corrected chi connectivity index (χ2v) is 7.32. The van der Waals surface area contributed by atoms with Crippen LogP contribution in [0.2, 0.25) is 0 Å². The second kappa shape index (κ2) is 8.07. The Hall–Kier alpha value is -4.33. The quantitative estimate of drug-likeness (QED) is 0.462. The molecule has 2 aromatic carbocycles. The van der Waals surface area contributed by atoms with E-state index in [9.17, 15) is 9.18 Å².